The van der Waals surface area contributed by atoms with Crippen LogP contribution >= 0.6 is 0 Å². The van der Waals surface area contributed by atoms with E-state index in [1.807, 2.05) is 0 Å². The van der Waals surface area contributed by atoms with Crippen LogP contribution in [0.15, 0.2) is 18.2 Å². The van der Waals surface area contributed by atoms with Gasteiger partial charge in [0, 0.05) is 19.2 Å². The SMILES string of the molecule is COc1ccc(C(=O)O[C@H](C)C(=O)N2CCC(C)CC2)cc1[N+](=O)[O-]. The maximum Gasteiger partial charge on any atom is 0.339 e. The summed E-state index contributed by atoms with van der Waals surface area (Å²) < 4.78 is 10.1. The third-order valence-corrected chi connectivity index (χ3v) is 4.34. The van der Waals surface area contributed by atoms with Gasteiger partial charge in [0.2, 0.25) is 0 Å². The number of piperidine rings is 1. The lowest BCUT2D eigenvalue weighted by Gasteiger charge is -2.31. The van der Waals surface area contributed by atoms with E-state index in [1.165, 1.54) is 26.2 Å². The third kappa shape index (κ3) is 4.46. The molecule has 136 valence electrons. The van der Waals surface area contributed by atoms with Crippen LogP contribution < -0.4 is 4.74 Å². The number of hydrogen-bond donors (Lipinski definition) is 0. The zero-order valence-corrected chi connectivity index (χ0v) is 14.6. The maximum absolute atomic E-state index is 12.4. The number of nitro groups is 1. The Balaban J connectivity index is 2.04. The van der Waals surface area contributed by atoms with Gasteiger partial charge in [0.25, 0.3) is 5.91 Å². The first-order valence-electron chi connectivity index (χ1n) is 8.15. The zero-order chi connectivity index (χ0) is 18.6. The van der Waals surface area contributed by atoms with Crippen LogP contribution in [0.2, 0.25) is 0 Å². The maximum atomic E-state index is 12.4. The summed E-state index contributed by atoms with van der Waals surface area (Å²) >= 11 is 0. The highest BCUT2D eigenvalue weighted by Gasteiger charge is 2.28. The fourth-order valence-electron chi connectivity index (χ4n) is 2.72. The summed E-state index contributed by atoms with van der Waals surface area (Å²) in [5, 5.41) is 11.0. The van der Waals surface area contributed by atoms with E-state index in [-0.39, 0.29) is 22.9 Å². The van der Waals surface area contributed by atoms with Crippen molar-refractivity contribution in [3.05, 3.63) is 33.9 Å². The van der Waals surface area contributed by atoms with Crippen LogP contribution in [0.25, 0.3) is 0 Å². The van der Waals surface area contributed by atoms with Crippen molar-refractivity contribution >= 4 is 17.6 Å². The van der Waals surface area contributed by atoms with Crippen molar-refractivity contribution in [2.24, 2.45) is 5.92 Å². The van der Waals surface area contributed by atoms with Gasteiger partial charge in [-0.05, 0) is 37.8 Å². The van der Waals surface area contributed by atoms with Gasteiger partial charge in [-0.25, -0.2) is 4.79 Å². The van der Waals surface area contributed by atoms with E-state index < -0.39 is 17.0 Å². The smallest absolute Gasteiger partial charge is 0.339 e. The zero-order valence-electron chi connectivity index (χ0n) is 14.6. The lowest BCUT2D eigenvalue weighted by atomic mass is 9.99. The highest BCUT2D eigenvalue weighted by atomic mass is 16.6. The number of benzene rings is 1. The van der Waals surface area contributed by atoms with Crippen LogP contribution in [-0.4, -0.2) is 48.0 Å². The fourth-order valence-corrected chi connectivity index (χ4v) is 2.72. The molecule has 0 aliphatic carbocycles. The molecular formula is C17H22N2O6. The number of methoxy groups -OCH3 is 1. The Morgan fingerprint density at radius 2 is 1.96 bits per heavy atom. The second-order valence-corrected chi connectivity index (χ2v) is 6.20. The number of nitro benzene ring substituents is 1. The number of amides is 1. The van der Waals surface area contributed by atoms with E-state index in [9.17, 15) is 19.7 Å². The largest absolute Gasteiger partial charge is 0.490 e. The number of ether oxygens (including phenoxy) is 2. The normalized spacial score (nSPS) is 16.2. The van der Waals surface area contributed by atoms with Crippen LogP contribution in [0.5, 0.6) is 5.75 Å². The molecule has 0 saturated carbocycles. The standard InChI is InChI=1S/C17H22N2O6/c1-11-6-8-18(9-7-11)16(20)12(2)25-17(21)13-4-5-15(24-3)14(10-13)19(22)23/h4-5,10-12H,6-9H2,1-3H3/t12-/m1/s1. The lowest BCUT2D eigenvalue weighted by molar-refractivity contribution is -0.385. The molecule has 0 spiro atoms. The lowest BCUT2D eigenvalue weighted by Crippen LogP contribution is -2.44. The second-order valence-electron chi connectivity index (χ2n) is 6.20. The molecule has 1 aliphatic rings. The molecule has 1 aliphatic heterocycles. The van der Waals surface area contributed by atoms with E-state index in [1.54, 1.807) is 4.90 Å². The number of likely N-dealkylation sites (tertiary alicyclic amines) is 1. The Hall–Kier alpha value is -2.64. The van der Waals surface area contributed by atoms with Crippen LogP contribution in [0.1, 0.15) is 37.0 Å². The monoisotopic (exact) mass is 350 g/mol. The topological polar surface area (TPSA) is 99.0 Å². The molecule has 1 saturated heterocycles. The predicted octanol–water partition coefficient (Wildman–Crippen LogP) is 2.41. The summed E-state index contributed by atoms with van der Waals surface area (Å²) in [6.07, 6.45) is 0.913. The summed E-state index contributed by atoms with van der Waals surface area (Å²) in [6, 6.07) is 3.78. The van der Waals surface area contributed by atoms with Crippen LogP contribution in [-0.2, 0) is 9.53 Å². The minimum atomic E-state index is -0.943. The van der Waals surface area contributed by atoms with Gasteiger partial charge in [0.05, 0.1) is 17.6 Å². The van der Waals surface area contributed by atoms with E-state index in [0.717, 1.165) is 18.9 Å². The van der Waals surface area contributed by atoms with Crippen LogP contribution in [0.4, 0.5) is 5.69 Å². The molecule has 1 aromatic rings. The van der Waals surface area contributed by atoms with Gasteiger partial charge in [-0.1, -0.05) is 6.92 Å². The number of carbonyl (C=O) groups excluding carboxylic acids is 2. The minimum Gasteiger partial charge on any atom is -0.490 e. The van der Waals surface area contributed by atoms with E-state index >= 15 is 0 Å². The van der Waals surface area contributed by atoms with E-state index in [0.29, 0.717) is 19.0 Å². The summed E-state index contributed by atoms with van der Waals surface area (Å²) in [4.78, 5) is 36.7. The molecule has 8 nitrogen and oxygen atoms in total. The molecule has 0 aromatic heterocycles. The average Bonchev–Trinajstić information content (AvgIpc) is 2.60. The molecule has 25 heavy (non-hydrogen) atoms. The van der Waals surface area contributed by atoms with Crippen molar-refractivity contribution in [3.8, 4) is 5.75 Å². The van der Waals surface area contributed by atoms with Gasteiger partial charge in [-0.3, -0.25) is 14.9 Å². The fraction of sp³-hybridized carbons (Fsp3) is 0.529. The summed E-state index contributed by atoms with van der Waals surface area (Å²) in [5.41, 5.74) is -0.333. The molecule has 1 aromatic carbocycles. The molecule has 8 heteroatoms. The van der Waals surface area contributed by atoms with Crippen molar-refractivity contribution in [2.45, 2.75) is 32.8 Å². The van der Waals surface area contributed by atoms with Gasteiger partial charge in [-0.2, -0.15) is 0 Å². The van der Waals surface area contributed by atoms with Gasteiger partial charge in [0.15, 0.2) is 11.9 Å². The summed E-state index contributed by atoms with van der Waals surface area (Å²) in [5.74, 6) is -0.393. The van der Waals surface area contributed by atoms with Crippen molar-refractivity contribution in [2.75, 3.05) is 20.2 Å². The van der Waals surface area contributed by atoms with Gasteiger partial charge < -0.3 is 14.4 Å². The third-order valence-electron chi connectivity index (χ3n) is 4.34. The number of rotatable bonds is 5. The summed E-state index contributed by atoms with van der Waals surface area (Å²) in [6.45, 7) is 4.95. The number of esters is 1. The minimum absolute atomic E-state index is 0.000540. The van der Waals surface area contributed by atoms with Crippen molar-refractivity contribution < 1.29 is 24.0 Å². The Morgan fingerprint density at radius 1 is 1.32 bits per heavy atom. The Morgan fingerprint density at radius 3 is 2.52 bits per heavy atom. The molecule has 0 N–H and O–H groups in total. The number of hydrogen-bond acceptors (Lipinski definition) is 6. The number of nitrogens with zero attached hydrogens (tertiary/aromatic N) is 2. The highest BCUT2D eigenvalue weighted by molar-refractivity contribution is 5.93. The van der Waals surface area contributed by atoms with Gasteiger partial charge in [0.1, 0.15) is 0 Å². The van der Waals surface area contributed by atoms with E-state index in [2.05, 4.69) is 6.92 Å². The first-order chi connectivity index (χ1) is 11.8. The molecular weight excluding hydrogens is 328 g/mol. The molecule has 1 heterocycles. The summed E-state index contributed by atoms with van der Waals surface area (Å²) in [7, 11) is 1.31. The average molecular weight is 350 g/mol. The highest BCUT2D eigenvalue weighted by Crippen LogP contribution is 2.28. The first-order valence-corrected chi connectivity index (χ1v) is 8.15. The second kappa shape index (κ2) is 7.96. The number of carbonyl (C=O) groups is 2. The molecule has 0 bridgehead atoms. The van der Waals surface area contributed by atoms with Crippen molar-refractivity contribution in [1.82, 2.24) is 4.90 Å². The van der Waals surface area contributed by atoms with Crippen LogP contribution in [0, 0.1) is 16.0 Å². The molecule has 1 amide bonds. The first kappa shape index (κ1) is 18.7. The molecule has 0 unspecified atom stereocenters. The van der Waals surface area contributed by atoms with Gasteiger partial charge >= 0.3 is 11.7 Å². The van der Waals surface area contributed by atoms with Crippen molar-refractivity contribution in [1.29, 1.82) is 0 Å². The predicted molar refractivity (Wildman–Crippen MR) is 89.5 cm³/mol. The Bertz CT molecular complexity index is 667. The van der Waals surface area contributed by atoms with Crippen LogP contribution in [0.3, 0.4) is 0 Å². The van der Waals surface area contributed by atoms with Crippen molar-refractivity contribution in [3.63, 3.8) is 0 Å². The Kier molecular flexibility index (Phi) is 5.95. The molecule has 2 rings (SSSR count). The molecule has 1 atom stereocenters. The molecule has 1 fully saturated rings. The quantitative estimate of drug-likeness (QED) is 0.459. The van der Waals surface area contributed by atoms with Gasteiger partial charge in [-0.15, -0.1) is 0 Å². The van der Waals surface area contributed by atoms with E-state index in [4.69, 9.17) is 9.47 Å². The Labute approximate surface area is 145 Å². The molecule has 0 radical (unpaired) electrons.